The minimum absolute atomic E-state index is 0.0455. The van der Waals surface area contributed by atoms with Crippen LogP contribution in [0.25, 0.3) is 0 Å². The Bertz CT molecular complexity index is 1040. The van der Waals surface area contributed by atoms with Crippen molar-refractivity contribution in [2.75, 3.05) is 11.9 Å². The van der Waals surface area contributed by atoms with Crippen LogP contribution in [-0.4, -0.2) is 24.2 Å². The van der Waals surface area contributed by atoms with E-state index in [0.29, 0.717) is 10.8 Å². The molecule has 3 heteroatoms. The lowest BCUT2D eigenvalue weighted by Gasteiger charge is -2.61. The van der Waals surface area contributed by atoms with E-state index in [1.54, 1.807) is 0 Å². The number of carbonyl (C=O) groups excluding carboxylic acids is 1. The summed E-state index contributed by atoms with van der Waals surface area (Å²) in [5.41, 5.74) is 2.92. The fourth-order valence-corrected chi connectivity index (χ4v) is 11.3. The van der Waals surface area contributed by atoms with Crippen molar-refractivity contribution in [1.82, 2.24) is 0 Å². The molecule has 4 fully saturated rings. The molecule has 0 saturated heterocycles. The van der Waals surface area contributed by atoms with Crippen LogP contribution in [0.4, 0.5) is 5.69 Å². The largest absolute Gasteiger partial charge is 0.393 e. The van der Waals surface area contributed by atoms with Gasteiger partial charge in [0, 0.05) is 12.7 Å². The van der Waals surface area contributed by atoms with Crippen LogP contribution in [0.3, 0.4) is 0 Å². The summed E-state index contributed by atoms with van der Waals surface area (Å²) in [6.07, 6.45) is 15.1. The van der Waals surface area contributed by atoms with Crippen molar-refractivity contribution in [3.63, 3.8) is 0 Å². The van der Waals surface area contributed by atoms with Crippen molar-refractivity contribution < 1.29 is 9.90 Å². The first kappa shape index (κ1) is 25.9. The molecule has 37 heavy (non-hydrogen) atoms. The van der Waals surface area contributed by atoms with Crippen molar-refractivity contribution in [3.8, 4) is 0 Å². The van der Waals surface area contributed by atoms with E-state index in [9.17, 15) is 9.90 Å². The van der Waals surface area contributed by atoms with Gasteiger partial charge in [-0.05, 0) is 129 Å². The number of aliphatic hydroxyl groups excluding tert-OH is 1. The van der Waals surface area contributed by atoms with Crippen LogP contribution in [0.1, 0.15) is 110 Å². The SMILES string of the molecule is C[C@H](CCCC1(C)C(=O)N(C)c2ccccc21)[C@H]1CC[C@H]2[C@@H]3CC[C@@H]4C[C@H](O)CC[C@]4(C)[C@H]3CC[C@]12C. The van der Waals surface area contributed by atoms with E-state index >= 15 is 0 Å². The molecule has 4 aliphatic carbocycles. The number of likely N-dealkylation sites (N-methyl/N-ethyl adjacent to an activating group) is 1. The standard InChI is InChI=1S/C34H51NO2/c1-22(9-8-18-34(4)29-10-6-7-11-30(29)35(5)31(34)37)26-14-15-27-25-13-12-23-21-24(36)16-19-32(23,2)28(25)17-20-33(26,27)3/h6-7,10-11,22-28,36H,8-9,12-21H2,1-5H3/t22-,23-,24-,25+,26-,27+,28+,32+,33-,34?/m1/s1. The van der Waals surface area contributed by atoms with Gasteiger partial charge in [-0.2, -0.15) is 0 Å². The van der Waals surface area contributed by atoms with E-state index in [1.807, 2.05) is 18.0 Å². The van der Waals surface area contributed by atoms with Gasteiger partial charge in [0.1, 0.15) is 0 Å². The van der Waals surface area contributed by atoms with Gasteiger partial charge in [0.05, 0.1) is 11.5 Å². The maximum atomic E-state index is 13.2. The van der Waals surface area contributed by atoms with Crippen molar-refractivity contribution in [1.29, 1.82) is 0 Å². The highest BCUT2D eigenvalue weighted by atomic mass is 16.3. The summed E-state index contributed by atoms with van der Waals surface area (Å²) in [6, 6.07) is 8.40. The lowest BCUT2D eigenvalue weighted by molar-refractivity contribution is -0.129. The number of nitrogens with zero attached hydrogens (tertiary/aromatic N) is 1. The maximum absolute atomic E-state index is 13.2. The average molecular weight is 506 g/mol. The smallest absolute Gasteiger partial charge is 0.237 e. The van der Waals surface area contributed by atoms with Crippen molar-refractivity contribution in [2.24, 2.45) is 46.3 Å². The Balaban J connectivity index is 1.12. The Kier molecular flexibility index (Phi) is 6.37. The Morgan fingerprint density at radius 3 is 2.51 bits per heavy atom. The molecular formula is C34H51NO2. The van der Waals surface area contributed by atoms with E-state index in [4.69, 9.17) is 0 Å². The molecular weight excluding hydrogens is 454 g/mol. The summed E-state index contributed by atoms with van der Waals surface area (Å²) in [7, 11) is 1.94. The molecule has 1 aliphatic heterocycles. The lowest BCUT2D eigenvalue weighted by atomic mass is 9.44. The maximum Gasteiger partial charge on any atom is 0.237 e. The van der Waals surface area contributed by atoms with E-state index in [1.165, 1.54) is 56.9 Å². The third-order valence-electron chi connectivity index (χ3n) is 13.4. The number of hydrogen-bond acceptors (Lipinski definition) is 2. The zero-order valence-electron chi connectivity index (χ0n) is 24.1. The molecule has 1 N–H and O–H groups in total. The van der Waals surface area contributed by atoms with Gasteiger partial charge in [0.15, 0.2) is 0 Å². The Morgan fingerprint density at radius 2 is 1.70 bits per heavy atom. The number of aliphatic hydroxyl groups is 1. The van der Waals surface area contributed by atoms with Gasteiger partial charge < -0.3 is 10.0 Å². The zero-order chi connectivity index (χ0) is 26.2. The van der Waals surface area contributed by atoms with E-state index in [0.717, 1.165) is 66.9 Å². The van der Waals surface area contributed by atoms with Gasteiger partial charge in [-0.1, -0.05) is 51.8 Å². The zero-order valence-corrected chi connectivity index (χ0v) is 24.1. The van der Waals surface area contributed by atoms with Crippen LogP contribution in [-0.2, 0) is 10.2 Å². The molecule has 10 atom stereocenters. The number of amides is 1. The van der Waals surface area contributed by atoms with Gasteiger partial charge in [-0.15, -0.1) is 0 Å². The second-order valence-corrected chi connectivity index (χ2v) is 14.9. The minimum atomic E-state index is -0.368. The van der Waals surface area contributed by atoms with Gasteiger partial charge in [0.25, 0.3) is 0 Å². The van der Waals surface area contributed by atoms with Crippen LogP contribution in [0, 0.1) is 46.3 Å². The summed E-state index contributed by atoms with van der Waals surface area (Å²) in [4.78, 5) is 15.1. The second-order valence-electron chi connectivity index (χ2n) is 14.9. The Labute approximate surface area is 225 Å². The summed E-state index contributed by atoms with van der Waals surface area (Å²) in [5, 5.41) is 10.4. The molecule has 1 amide bonds. The van der Waals surface area contributed by atoms with Crippen LogP contribution < -0.4 is 4.90 Å². The minimum Gasteiger partial charge on any atom is -0.393 e. The highest BCUT2D eigenvalue weighted by molar-refractivity contribution is 6.07. The number of carbonyl (C=O) groups is 1. The predicted octanol–water partition coefficient (Wildman–Crippen LogP) is 7.75. The third kappa shape index (κ3) is 3.80. The molecule has 3 nitrogen and oxygen atoms in total. The third-order valence-corrected chi connectivity index (χ3v) is 13.4. The van der Waals surface area contributed by atoms with E-state index < -0.39 is 0 Å². The number of benzene rings is 1. The number of anilines is 1. The molecule has 1 unspecified atom stereocenters. The molecule has 1 aromatic carbocycles. The van der Waals surface area contributed by atoms with Crippen molar-refractivity contribution in [2.45, 2.75) is 116 Å². The van der Waals surface area contributed by atoms with E-state index in [-0.39, 0.29) is 17.4 Å². The van der Waals surface area contributed by atoms with Crippen LogP contribution in [0.2, 0.25) is 0 Å². The normalized spacial score (nSPS) is 45.7. The fourth-order valence-electron chi connectivity index (χ4n) is 11.3. The average Bonchev–Trinajstić information content (AvgIpc) is 3.33. The summed E-state index contributed by atoms with van der Waals surface area (Å²) in [5.74, 6) is 5.29. The number of hydrogen-bond donors (Lipinski definition) is 1. The van der Waals surface area contributed by atoms with Crippen LogP contribution in [0.5, 0.6) is 0 Å². The summed E-state index contributed by atoms with van der Waals surface area (Å²) in [6.45, 7) is 9.99. The quantitative estimate of drug-likeness (QED) is 0.444. The summed E-state index contributed by atoms with van der Waals surface area (Å²) >= 11 is 0. The van der Waals surface area contributed by atoms with Gasteiger partial charge >= 0.3 is 0 Å². The summed E-state index contributed by atoms with van der Waals surface area (Å²) < 4.78 is 0. The first-order valence-corrected chi connectivity index (χ1v) is 15.7. The monoisotopic (exact) mass is 505 g/mol. The van der Waals surface area contributed by atoms with Gasteiger partial charge in [0.2, 0.25) is 5.91 Å². The first-order chi connectivity index (χ1) is 17.6. The topological polar surface area (TPSA) is 40.5 Å². The molecule has 1 aromatic rings. The molecule has 1 heterocycles. The van der Waals surface area contributed by atoms with Crippen molar-refractivity contribution in [3.05, 3.63) is 29.8 Å². The molecule has 204 valence electrons. The highest BCUT2D eigenvalue weighted by Gasteiger charge is 2.60. The number of para-hydroxylation sites is 1. The second kappa shape index (κ2) is 9.10. The predicted molar refractivity (Wildman–Crippen MR) is 151 cm³/mol. The van der Waals surface area contributed by atoms with Gasteiger partial charge in [-0.25, -0.2) is 0 Å². The molecule has 0 spiro atoms. The Hall–Kier alpha value is -1.35. The molecule has 5 aliphatic rings. The van der Waals surface area contributed by atoms with Crippen LogP contribution in [0.15, 0.2) is 24.3 Å². The number of fused-ring (bicyclic) bond motifs is 6. The van der Waals surface area contributed by atoms with E-state index in [2.05, 4.69) is 45.9 Å². The fraction of sp³-hybridized carbons (Fsp3) is 0.794. The molecule has 0 radical (unpaired) electrons. The molecule has 6 rings (SSSR count). The lowest BCUT2D eigenvalue weighted by Crippen LogP contribution is -2.54. The van der Waals surface area contributed by atoms with Crippen LogP contribution >= 0.6 is 0 Å². The highest BCUT2D eigenvalue weighted by Crippen LogP contribution is 2.68. The molecule has 0 bridgehead atoms. The Morgan fingerprint density at radius 1 is 0.973 bits per heavy atom. The first-order valence-electron chi connectivity index (χ1n) is 15.7. The number of rotatable bonds is 5. The van der Waals surface area contributed by atoms with Crippen molar-refractivity contribution >= 4 is 11.6 Å². The molecule has 4 saturated carbocycles. The van der Waals surface area contributed by atoms with Gasteiger partial charge in [-0.3, -0.25) is 4.79 Å². The molecule has 0 aromatic heterocycles.